The number of aliphatic hydroxyl groups is 1. The molecular weight excluding hydrogens is 463 g/mol. The average molecular weight is 494 g/mol. The molecule has 0 spiro atoms. The first-order chi connectivity index (χ1) is 14.1. The van der Waals surface area contributed by atoms with Crippen molar-refractivity contribution in [2.75, 3.05) is 58.5 Å². The van der Waals surface area contributed by atoms with Crippen LogP contribution in [0, 0.1) is 0 Å². The fourth-order valence-electron chi connectivity index (χ4n) is 3.50. The predicted octanol–water partition coefficient (Wildman–Crippen LogP) is 3.90. The van der Waals surface area contributed by atoms with Gasteiger partial charge in [0, 0.05) is 43.4 Å². The number of ether oxygens (including phenoxy) is 3. The average Bonchev–Trinajstić information content (AvgIpc) is 2.74. The van der Waals surface area contributed by atoms with E-state index in [1.807, 2.05) is 36.4 Å². The minimum atomic E-state index is -0.520. The van der Waals surface area contributed by atoms with E-state index in [1.165, 1.54) is 0 Å². The minimum Gasteiger partial charge on any atom is -0.493 e. The molecule has 1 aliphatic heterocycles. The second kappa shape index (κ2) is 13.9. The maximum Gasteiger partial charge on any atom is 0.161 e. The molecule has 1 fully saturated rings. The van der Waals surface area contributed by atoms with Crippen LogP contribution in [0.25, 0.3) is 0 Å². The van der Waals surface area contributed by atoms with Gasteiger partial charge in [0.1, 0.15) is 0 Å². The van der Waals surface area contributed by atoms with Crippen molar-refractivity contribution in [3.63, 3.8) is 0 Å². The van der Waals surface area contributed by atoms with Crippen molar-refractivity contribution in [1.29, 1.82) is 0 Å². The molecule has 1 heterocycles. The number of halogens is 3. The highest BCUT2D eigenvalue weighted by Gasteiger charge is 2.19. The summed E-state index contributed by atoms with van der Waals surface area (Å²) in [5.41, 5.74) is 2.13. The molecule has 0 amide bonds. The van der Waals surface area contributed by atoms with E-state index in [2.05, 4.69) is 15.9 Å². The number of hydrogen-bond donors (Lipinski definition) is 1. The molecule has 0 aliphatic carbocycles. The molecule has 31 heavy (non-hydrogen) atoms. The molecule has 3 rings (SSSR count). The Kier molecular flexibility index (Phi) is 12.4. The second-order valence-electron chi connectivity index (χ2n) is 7.13. The van der Waals surface area contributed by atoms with Gasteiger partial charge in [-0.05, 0) is 35.9 Å². The quantitative estimate of drug-likeness (QED) is 0.572. The van der Waals surface area contributed by atoms with Crippen molar-refractivity contribution in [2.45, 2.75) is 12.7 Å². The normalized spacial score (nSPS) is 14.9. The van der Waals surface area contributed by atoms with E-state index in [1.54, 1.807) is 14.2 Å². The van der Waals surface area contributed by atoms with E-state index in [4.69, 9.17) is 25.8 Å². The van der Waals surface area contributed by atoms with Crippen LogP contribution in [0.3, 0.4) is 0 Å². The van der Waals surface area contributed by atoms with E-state index in [-0.39, 0.29) is 24.8 Å². The third kappa shape index (κ3) is 8.22. The largest absolute Gasteiger partial charge is 0.493 e. The van der Waals surface area contributed by atoms with Crippen LogP contribution in [0.2, 0.25) is 5.02 Å². The number of piperazine rings is 1. The van der Waals surface area contributed by atoms with Crippen LogP contribution >= 0.6 is 36.4 Å². The Hall–Kier alpha value is -1.41. The van der Waals surface area contributed by atoms with Gasteiger partial charge in [-0.3, -0.25) is 4.90 Å². The van der Waals surface area contributed by atoms with Crippen molar-refractivity contribution < 1.29 is 19.3 Å². The lowest BCUT2D eigenvalue weighted by molar-refractivity contribution is 0.00909. The molecule has 2 aromatic rings. The summed E-state index contributed by atoms with van der Waals surface area (Å²) < 4.78 is 16.2. The number of β-amino-alcohol motifs (C(OH)–C–C–N with tert-alkyl or cyclic N) is 1. The van der Waals surface area contributed by atoms with E-state index >= 15 is 0 Å². The van der Waals surface area contributed by atoms with Gasteiger partial charge < -0.3 is 24.2 Å². The molecule has 1 saturated heterocycles. The van der Waals surface area contributed by atoms with Gasteiger partial charge in [-0.15, -0.1) is 24.8 Å². The van der Waals surface area contributed by atoms with Crippen LogP contribution in [0.1, 0.15) is 5.56 Å². The van der Waals surface area contributed by atoms with Crippen LogP contribution in [-0.2, 0) is 11.3 Å². The SMILES string of the molecule is COc1ccc(COCC(O)CN2CCN(c3cccc(Cl)c3)CC2)cc1OC.Cl.Cl. The minimum absolute atomic E-state index is 0. The second-order valence-corrected chi connectivity index (χ2v) is 7.56. The molecule has 0 aromatic heterocycles. The zero-order valence-corrected chi connectivity index (χ0v) is 20.2. The zero-order valence-electron chi connectivity index (χ0n) is 17.8. The van der Waals surface area contributed by atoms with E-state index in [9.17, 15) is 5.11 Å². The molecule has 2 aromatic carbocycles. The Bertz CT molecular complexity index is 789. The Morgan fingerprint density at radius 2 is 1.68 bits per heavy atom. The summed E-state index contributed by atoms with van der Waals surface area (Å²) in [6, 6.07) is 13.6. The third-order valence-electron chi connectivity index (χ3n) is 5.04. The first-order valence-electron chi connectivity index (χ1n) is 9.78. The standard InChI is InChI=1S/C22H29ClN2O4.2ClH/c1-27-21-7-6-17(12-22(21)28-2)15-29-16-20(26)14-24-8-10-25(11-9-24)19-5-3-4-18(23)13-19;;/h3-7,12-13,20,26H,8-11,14-16H2,1-2H3;2*1H. The van der Waals surface area contributed by atoms with Crippen LogP contribution < -0.4 is 14.4 Å². The first-order valence-corrected chi connectivity index (χ1v) is 10.2. The molecule has 1 aliphatic rings. The molecule has 1 unspecified atom stereocenters. The van der Waals surface area contributed by atoms with Crippen molar-refractivity contribution in [3.05, 3.63) is 53.1 Å². The van der Waals surface area contributed by atoms with E-state index < -0.39 is 6.10 Å². The number of nitrogens with zero attached hydrogens (tertiary/aromatic N) is 2. The predicted molar refractivity (Wildman–Crippen MR) is 130 cm³/mol. The van der Waals surface area contributed by atoms with Crippen LogP contribution in [0.4, 0.5) is 5.69 Å². The topological polar surface area (TPSA) is 54.4 Å². The number of rotatable bonds is 9. The lowest BCUT2D eigenvalue weighted by Crippen LogP contribution is -2.49. The summed E-state index contributed by atoms with van der Waals surface area (Å²) in [7, 11) is 3.22. The maximum atomic E-state index is 10.3. The molecule has 174 valence electrons. The summed E-state index contributed by atoms with van der Waals surface area (Å²) >= 11 is 6.09. The highest BCUT2D eigenvalue weighted by Crippen LogP contribution is 2.27. The summed E-state index contributed by atoms with van der Waals surface area (Å²) in [4.78, 5) is 4.59. The van der Waals surface area contributed by atoms with Crippen molar-refractivity contribution in [3.8, 4) is 11.5 Å². The van der Waals surface area contributed by atoms with Crippen molar-refractivity contribution in [1.82, 2.24) is 4.90 Å². The molecular formula is C22H31Cl3N2O4. The van der Waals surface area contributed by atoms with Crippen molar-refractivity contribution >= 4 is 42.1 Å². The van der Waals surface area contributed by atoms with Gasteiger partial charge in [-0.1, -0.05) is 23.7 Å². The number of hydrogen-bond acceptors (Lipinski definition) is 6. The Balaban J connectivity index is 0.00000240. The van der Waals surface area contributed by atoms with E-state index in [0.29, 0.717) is 31.3 Å². The molecule has 6 nitrogen and oxygen atoms in total. The first kappa shape index (κ1) is 27.6. The van der Waals surface area contributed by atoms with Gasteiger partial charge in [-0.25, -0.2) is 0 Å². The third-order valence-corrected chi connectivity index (χ3v) is 5.28. The molecule has 9 heteroatoms. The maximum absolute atomic E-state index is 10.3. The van der Waals surface area contributed by atoms with Crippen LogP contribution in [0.5, 0.6) is 11.5 Å². The number of methoxy groups -OCH3 is 2. The van der Waals surface area contributed by atoms with Gasteiger partial charge in [0.15, 0.2) is 11.5 Å². The Morgan fingerprint density at radius 1 is 0.968 bits per heavy atom. The number of anilines is 1. The summed E-state index contributed by atoms with van der Waals surface area (Å²) in [6.45, 7) is 4.95. The fraction of sp³-hybridized carbons (Fsp3) is 0.455. The summed E-state index contributed by atoms with van der Waals surface area (Å²) in [5, 5.41) is 11.1. The number of aliphatic hydroxyl groups excluding tert-OH is 1. The fourth-order valence-corrected chi connectivity index (χ4v) is 3.68. The van der Waals surface area contributed by atoms with Gasteiger partial charge in [0.25, 0.3) is 0 Å². The highest BCUT2D eigenvalue weighted by atomic mass is 35.5. The zero-order chi connectivity index (χ0) is 20.6. The van der Waals surface area contributed by atoms with Crippen LogP contribution in [-0.4, -0.2) is 69.7 Å². The molecule has 0 radical (unpaired) electrons. The van der Waals surface area contributed by atoms with Crippen molar-refractivity contribution in [2.24, 2.45) is 0 Å². The molecule has 0 bridgehead atoms. The summed E-state index contributed by atoms with van der Waals surface area (Å²) in [6.07, 6.45) is -0.520. The van der Waals surface area contributed by atoms with Gasteiger partial charge >= 0.3 is 0 Å². The Labute approximate surface area is 201 Å². The Morgan fingerprint density at radius 3 is 2.32 bits per heavy atom. The van der Waals surface area contributed by atoms with E-state index in [0.717, 1.165) is 42.5 Å². The molecule has 1 N–H and O–H groups in total. The van der Waals surface area contributed by atoms with Gasteiger partial charge in [0.2, 0.25) is 0 Å². The van der Waals surface area contributed by atoms with Gasteiger partial charge in [-0.2, -0.15) is 0 Å². The summed E-state index contributed by atoms with van der Waals surface area (Å²) in [5.74, 6) is 1.36. The lowest BCUT2D eigenvalue weighted by atomic mass is 10.2. The lowest BCUT2D eigenvalue weighted by Gasteiger charge is -2.36. The molecule has 1 atom stereocenters. The molecule has 0 saturated carbocycles. The highest BCUT2D eigenvalue weighted by molar-refractivity contribution is 6.30. The van der Waals surface area contributed by atoms with Crippen LogP contribution in [0.15, 0.2) is 42.5 Å². The smallest absolute Gasteiger partial charge is 0.161 e. The number of benzene rings is 2. The monoisotopic (exact) mass is 492 g/mol. The van der Waals surface area contributed by atoms with Gasteiger partial charge in [0.05, 0.1) is 33.5 Å².